The summed E-state index contributed by atoms with van der Waals surface area (Å²) in [5.74, 6) is 0.222. The van der Waals surface area contributed by atoms with Gasteiger partial charge in [0.1, 0.15) is 11.2 Å². The van der Waals surface area contributed by atoms with Crippen LogP contribution in [0, 0.1) is 0 Å². The van der Waals surface area contributed by atoms with Gasteiger partial charge in [-0.3, -0.25) is 0 Å². The van der Waals surface area contributed by atoms with E-state index in [-0.39, 0.29) is 5.92 Å². The van der Waals surface area contributed by atoms with Gasteiger partial charge in [0.25, 0.3) is 0 Å². The number of furan rings is 1. The van der Waals surface area contributed by atoms with Gasteiger partial charge in [0.2, 0.25) is 0 Å². The lowest BCUT2D eigenvalue weighted by Crippen LogP contribution is -2.00. The van der Waals surface area contributed by atoms with Crippen molar-refractivity contribution in [2.75, 3.05) is 0 Å². The molecule has 242 valence electrons. The minimum atomic E-state index is 0.222. The van der Waals surface area contributed by atoms with E-state index >= 15 is 0 Å². The van der Waals surface area contributed by atoms with Crippen molar-refractivity contribution >= 4 is 65.6 Å². The fraction of sp³-hybridized carbons (Fsp3) is 0.0204. The third kappa shape index (κ3) is 3.69. The van der Waals surface area contributed by atoms with Crippen LogP contribution >= 0.6 is 0 Å². The van der Waals surface area contributed by atoms with E-state index in [9.17, 15) is 0 Å². The number of rotatable bonds is 3. The van der Waals surface area contributed by atoms with E-state index in [2.05, 4.69) is 173 Å². The highest BCUT2D eigenvalue weighted by Crippen LogP contribution is 2.48. The zero-order chi connectivity index (χ0) is 33.9. The van der Waals surface area contributed by atoms with E-state index in [0.29, 0.717) is 0 Å². The summed E-state index contributed by atoms with van der Waals surface area (Å²) in [4.78, 5) is 0. The Morgan fingerprint density at radius 2 is 0.981 bits per heavy atom. The number of benzene rings is 8. The van der Waals surface area contributed by atoms with Crippen molar-refractivity contribution in [2.24, 2.45) is 0 Å². The maximum atomic E-state index is 6.24. The predicted molar refractivity (Wildman–Crippen MR) is 215 cm³/mol. The maximum Gasteiger partial charge on any atom is 0.135 e. The fourth-order valence-electron chi connectivity index (χ4n) is 9.24. The normalized spacial score (nSPS) is 12.9. The SMILES string of the molecule is c1ccc2c(c1)-c1ccccc1C2c1ccc(-n2c3ccccc3c3c2ccc2c4ccccc4n(-c4ccc5oc6ccccc6c5c4)c23)cc1. The number of fused-ring (bicyclic) bond motifs is 13. The molecule has 12 rings (SSSR count). The number of nitrogens with zero attached hydrogens (tertiary/aromatic N) is 2. The quantitative estimate of drug-likeness (QED) is 0.185. The second kappa shape index (κ2) is 10.3. The largest absolute Gasteiger partial charge is 0.456 e. The summed E-state index contributed by atoms with van der Waals surface area (Å²) < 4.78 is 11.1. The lowest BCUT2D eigenvalue weighted by molar-refractivity contribution is 0.669. The number of hydrogen-bond acceptors (Lipinski definition) is 1. The summed E-state index contributed by atoms with van der Waals surface area (Å²) in [7, 11) is 0. The van der Waals surface area contributed by atoms with E-state index in [1.165, 1.54) is 71.4 Å². The van der Waals surface area contributed by atoms with E-state index in [1.807, 2.05) is 12.1 Å². The first-order chi connectivity index (χ1) is 25.8. The zero-order valence-electron chi connectivity index (χ0n) is 28.1. The van der Waals surface area contributed by atoms with Gasteiger partial charge in [-0.15, -0.1) is 0 Å². The minimum absolute atomic E-state index is 0.222. The average Bonchev–Trinajstić information content (AvgIpc) is 3.94. The van der Waals surface area contributed by atoms with Crippen LogP contribution in [-0.2, 0) is 0 Å². The molecule has 1 aliphatic rings. The van der Waals surface area contributed by atoms with Crippen molar-refractivity contribution in [3.8, 4) is 22.5 Å². The molecule has 0 N–H and O–H groups in total. The highest BCUT2D eigenvalue weighted by molar-refractivity contribution is 6.26. The molecule has 0 spiro atoms. The van der Waals surface area contributed by atoms with Gasteiger partial charge in [-0.25, -0.2) is 0 Å². The molecule has 0 radical (unpaired) electrons. The molecule has 11 aromatic rings. The molecule has 0 amide bonds. The van der Waals surface area contributed by atoms with Gasteiger partial charge >= 0.3 is 0 Å². The highest BCUT2D eigenvalue weighted by Gasteiger charge is 2.29. The second-order valence-electron chi connectivity index (χ2n) is 14.0. The monoisotopic (exact) mass is 662 g/mol. The van der Waals surface area contributed by atoms with E-state index in [0.717, 1.165) is 33.3 Å². The van der Waals surface area contributed by atoms with Crippen molar-refractivity contribution in [3.05, 3.63) is 193 Å². The Morgan fingerprint density at radius 3 is 1.75 bits per heavy atom. The molecular weight excluding hydrogens is 633 g/mol. The van der Waals surface area contributed by atoms with Crippen LogP contribution in [0.1, 0.15) is 22.6 Å². The van der Waals surface area contributed by atoms with Crippen LogP contribution in [0.25, 0.3) is 88.1 Å². The molecule has 0 saturated heterocycles. The molecule has 0 unspecified atom stereocenters. The summed E-state index contributed by atoms with van der Waals surface area (Å²) in [6.07, 6.45) is 0. The third-order valence-corrected chi connectivity index (χ3v) is 11.4. The lowest BCUT2D eigenvalue weighted by atomic mass is 9.89. The minimum Gasteiger partial charge on any atom is -0.456 e. The van der Waals surface area contributed by atoms with Crippen LogP contribution in [0.3, 0.4) is 0 Å². The fourth-order valence-corrected chi connectivity index (χ4v) is 9.24. The van der Waals surface area contributed by atoms with Crippen molar-refractivity contribution in [2.45, 2.75) is 5.92 Å². The molecule has 3 aromatic heterocycles. The summed E-state index contributed by atoms with van der Waals surface area (Å²) in [6.45, 7) is 0. The molecule has 3 nitrogen and oxygen atoms in total. The summed E-state index contributed by atoms with van der Waals surface area (Å²) in [6, 6.07) is 64.2. The van der Waals surface area contributed by atoms with Gasteiger partial charge in [0, 0.05) is 49.6 Å². The van der Waals surface area contributed by atoms with Gasteiger partial charge in [0.05, 0.1) is 22.1 Å². The van der Waals surface area contributed by atoms with Crippen LogP contribution < -0.4 is 0 Å². The second-order valence-corrected chi connectivity index (χ2v) is 14.0. The first kappa shape index (κ1) is 27.9. The average molecular weight is 663 g/mol. The lowest BCUT2D eigenvalue weighted by Gasteiger charge is -2.16. The molecular formula is C49H30N2O. The summed E-state index contributed by atoms with van der Waals surface area (Å²) >= 11 is 0. The topological polar surface area (TPSA) is 23.0 Å². The molecule has 8 aromatic carbocycles. The standard InChI is InChI=1S/C49H30N2O/c1-3-15-37-33(11-1)34-12-2-4-16-38(34)47(37)30-21-23-31(24-22-30)50-43-19-9-6-17-40(43)48-44(50)27-26-39-35-13-5-8-18-42(35)51(49(39)48)32-25-28-46-41(29-32)36-14-7-10-20-45(36)52-46/h1-29,47H. The predicted octanol–water partition coefficient (Wildman–Crippen LogP) is 12.9. The third-order valence-electron chi connectivity index (χ3n) is 11.4. The van der Waals surface area contributed by atoms with Crippen LogP contribution in [0.15, 0.2) is 180 Å². The summed E-state index contributed by atoms with van der Waals surface area (Å²) in [5.41, 5.74) is 15.6. The molecule has 1 aliphatic carbocycles. The number of para-hydroxylation sites is 3. The van der Waals surface area contributed by atoms with Crippen LogP contribution in [0.5, 0.6) is 0 Å². The first-order valence-corrected chi connectivity index (χ1v) is 18.0. The van der Waals surface area contributed by atoms with Gasteiger partial charge in [-0.05, 0) is 82.4 Å². The Labute approximate surface area is 299 Å². The van der Waals surface area contributed by atoms with Gasteiger partial charge in [-0.1, -0.05) is 121 Å². The highest BCUT2D eigenvalue weighted by atomic mass is 16.3. The molecule has 0 bridgehead atoms. The molecule has 0 fully saturated rings. The Morgan fingerprint density at radius 1 is 0.385 bits per heavy atom. The molecule has 52 heavy (non-hydrogen) atoms. The zero-order valence-corrected chi connectivity index (χ0v) is 28.1. The van der Waals surface area contributed by atoms with Gasteiger partial charge < -0.3 is 13.6 Å². The molecule has 3 heterocycles. The smallest absolute Gasteiger partial charge is 0.135 e. The Balaban J connectivity index is 1.10. The Hall–Kier alpha value is -6.84. The number of aromatic nitrogens is 2. The Bertz CT molecular complexity index is 3200. The van der Waals surface area contributed by atoms with E-state index < -0.39 is 0 Å². The van der Waals surface area contributed by atoms with Crippen molar-refractivity contribution in [3.63, 3.8) is 0 Å². The van der Waals surface area contributed by atoms with Crippen LogP contribution in [-0.4, -0.2) is 9.13 Å². The number of hydrogen-bond donors (Lipinski definition) is 0. The van der Waals surface area contributed by atoms with E-state index in [1.54, 1.807) is 0 Å². The van der Waals surface area contributed by atoms with E-state index in [4.69, 9.17) is 4.42 Å². The summed E-state index contributed by atoms with van der Waals surface area (Å²) in [5, 5.41) is 7.25. The van der Waals surface area contributed by atoms with Gasteiger partial charge in [-0.2, -0.15) is 0 Å². The molecule has 0 aliphatic heterocycles. The van der Waals surface area contributed by atoms with Crippen molar-refractivity contribution in [1.29, 1.82) is 0 Å². The van der Waals surface area contributed by atoms with Crippen molar-refractivity contribution in [1.82, 2.24) is 9.13 Å². The van der Waals surface area contributed by atoms with Crippen LogP contribution in [0.4, 0.5) is 0 Å². The molecule has 0 atom stereocenters. The molecule has 3 heteroatoms. The maximum absolute atomic E-state index is 6.24. The molecule has 0 saturated carbocycles. The van der Waals surface area contributed by atoms with Gasteiger partial charge in [0.15, 0.2) is 0 Å². The van der Waals surface area contributed by atoms with Crippen LogP contribution in [0.2, 0.25) is 0 Å². The van der Waals surface area contributed by atoms with Crippen molar-refractivity contribution < 1.29 is 4.42 Å². The Kier molecular flexibility index (Phi) is 5.56. The first-order valence-electron chi connectivity index (χ1n) is 18.0.